The van der Waals surface area contributed by atoms with Gasteiger partial charge in [0.15, 0.2) is 11.5 Å². The molecule has 0 saturated carbocycles. The van der Waals surface area contributed by atoms with Crippen molar-refractivity contribution in [1.82, 2.24) is 9.72 Å². The van der Waals surface area contributed by atoms with Gasteiger partial charge >= 0.3 is 5.97 Å². The van der Waals surface area contributed by atoms with Crippen molar-refractivity contribution in [1.29, 1.82) is 5.26 Å². The van der Waals surface area contributed by atoms with Crippen LogP contribution in [0.4, 0.5) is 0 Å². The third-order valence-electron chi connectivity index (χ3n) is 4.21. The van der Waals surface area contributed by atoms with Gasteiger partial charge in [-0.05, 0) is 23.8 Å². The summed E-state index contributed by atoms with van der Waals surface area (Å²) in [5, 5.41) is 22.8. The van der Waals surface area contributed by atoms with E-state index in [1.807, 2.05) is 59.3 Å². The van der Waals surface area contributed by atoms with Crippen LogP contribution >= 0.6 is 0 Å². The van der Waals surface area contributed by atoms with Crippen LogP contribution in [0.5, 0.6) is 0 Å². The quantitative estimate of drug-likeness (QED) is 0.606. The summed E-state index contributed by atoms with van der Waals surface area (Å²) in [4.78, 5) is 11.0. The van der Waals surface area contributed by atoms with E-state index in [2.05, 4.69) is 11.2 Å². The summed E-state index contributed by atoms with van der Waals surface area (Å²) in [5.41, 5.74) is 3.14. The Kier molecular flexibility index (Phi) is 3.75. The lowest BCUT2D eigenvalue weighted by Gasteiger charge is -2.06. The van der Waals surface area contributed by atoms with Crippen LogP contribution in [-0.4, -0.2) is 20.8 Å². The van der Waals surface area contributed by atoms with Crippen molar-refractivity contribution in [2.45, 2.75) is 6.54 Å². The molecule has 0 bridgehead atoms. The number of hydrogen-bond acceptors (Lipinski definition) is 4. The van der Waals surface area contributed by atoms with E-state index in [0.717, 1.165) is 16.5 Å². The molecule has 0 fully saturated rings. The largest absolute Gasteiger partial charge is 0.476 e. The molecule has 0 radical (unpaired) electrons. The van der Waals surface area contributed by atoms with Gasteiger partial charge in [-0.1, -0.05) is 35.5 Å². The molecule has 126 valence electrons. The maximum atomic E-state index is 11.0. The highest BCUT2D eigenvalue weighted by atomic mass is 16.5. The molecule has 4 rings (SSSR count). The van der Waals surface area contributed by atoms with E-state index in [9.17, 15) is 10.1 Å². The van der Waals surface area contributed by atoms with Crippen molar-refractivity contribution in [2.24, 2.45) is 0 Å². The van der Waals surface area contributed by atoms with E-state index in [-0.39, 0.29) is 5.69 Å². The van der Waals surface area contributed by atoms with Crippen LogP contribution in [0.2, 0.25) is 0 Å². The molecule has 0 aliphatic heterocycles. The van der Waals surface area contributed by atoms with E-state index in [1.54, 1.807) is 0 Å². The number of rotatable bonds is 4. The second-order valence-electron chi connectivity index (χ2n) is 5.88. The maximum absolute atomic E-state index is 11.0. The van der Waals surface area contributed by atoms with Crippen LogP contribution in [0.3, 0.4) is 0 Å². The Hall–Kier alpha value is -3.85. The molecule has 6 heteroatoms. The minimum absolute atomic E-state index is 0.151. The Morgan fingerprint density at radius 1 is 1.19 bits per heavy atom. The van der Waals surface area contributed by atoms with E-state index >= 15 is 0 Å². The van der Waals surface area contributed by atoms with Gasteiger partial charge in [0, 0.05) is 35.3 Å². The minimum Gasteiger partial charge on any atom is -0.476 e. The number of carbonyl (C=O) groups is 1. The summed E-state index contributed by atoms with van der Waals surface area (Å²) in [6, 6.07) is 19.1. The van der Waals surface area contributed by atoms with E-state index in [4.69, 9.17) is 9.63 Å². The van der Waals surface area contributed by atoms with E-state index in [0.29, 0.717) is 23.4 Å². The first-order valence-corrected chi connectivity index (χ1v) is 7.93. The van der Waals surface area contributed by atoms with Gasteiger partial charge in [-0.25, -0.2) is 4.79 Å². The Bertz CT molecular complexity index is 1150. The molecule has 1 N–H and O–H groups in total. The van der Waals surface area contributed by atoms with Crippen molar-refractivity contribution in [3.05, 3.63) is 77.6 Å². The molecule has 0 atom stereocenters. The molecule has 0 aliphatic carbocycles. The monoisotopic (exact) mass is 343 g/mol. The molecule has 0 aliphatic rings. The SMILES string of the molecule is N#Cc1cn(Cc2ccccc2)c2ccc(-c3cc(C(=O)O)no3)cc12. The highest BCUT2D eigenvalue weighted by Gasteiger charge is 2.15. The number of fused-ring (bicyclic) bond motifs is 1. The lowest BCUT2D eigenvalue weighted by molar-refractivity contribution is 0.0686. The number of aromatic nitrogens is 2. The van der Waals surface area contributed by atoms with Crippen LogP contribution in [0, 0.1) is 11.3 Å². The first kappa shape index (κ1) is 15.7. The molecule has 0 spiro atoms. The lowest BCUT2D eigenvalue weighted by Crippen LogP contribution is -1.97. The topological polar surface area (TPSA) is 92.0 Å². The first-order valence-electron chi connectivity index (χ1n) is 7.93. The summed E-state index contributed by atoms with van der Waals surface area (Å²) < 4.78 is 7.14. The predicted octanol–water partition coefficient (Wildman–Crippen LogP) is 3.91. The average Bonchev–Trinajstić information content (AvgIpc) is 3.28. The van der Waals surface area contributed by atoms with Crippen LogP contribution in [-0.2, 0) is 6.54 Å². The zero-order chi connectivity index (χ0) is 18.1. The first-order chi connectivity index (χ1) is 12.7. The number of benzene rings is 2. The van der Waals surface area contributed by atoms with E-state index < -0.39 is 5.97 Å². The Morgan fingerprint density at radius 2 is 2.00 bits per heavy atom. The van der Waals surface area contributed by atoms with Crippen molar-refractivity contribution >= 4 is 16.9 Å². The van der Waals surface area contributed by atoms with Crippen LogP contribution in [0.1, 0.15) is 21.6 Å². The minimum atomic E-state index is -1.15. The zero-order valence-corrected chi connectivity index (χ0v) is 13.6. The molecule has 2 aromatic heterocycles. The molecule has 2 heterocycles. The molecule has 0 amide bonds. The van der Waals surface area contributed by atoms with Gasteiger partial charge in [0.25, 0.3) is 0 Å². The number of nitrogens with zero attached hydrogens (tertiary/aromatic N) is 3. The predicted molar refractivity (Wildman–Crippen MR) is 94.7 cm³/mol. The third kappa shape index (κ3) is 2.72. The number of aromatic carboxylic acids is 1. The fourth-order valence-electron chi connectivity index (χ4n) is 2.96. The van der Waals surface area contributed by atoms with Gasteiger partial charge < -0.3 is 14.2 Å². The normalized spacial score (nSPS) is 10.7. The summed E-state index contributed by atoms with van der Waals surface area (Å²) in [6.45, 7) is 0.657. The molecule has 2 aromatic carbocycles. The van der Waals surface area contributed by atoms with Crippen LogP contribution in [0.25, 0.3) is 22.2 Å². The highest BCUT2D eigenvalue weighted by Crippen LogP contribution is 2.29. The van der Waals surface area contributed by atoms with Gasteiger partial charge in [-0.3, -0.25) is 0 Å². The molecular weight excluding hydrogens is 330 g/mol. The second-order valence-corrected chi connectivity index (χ2v) is 5.88. The molecule has 26 heavy (non-hydrogen) atoms. The Morgan fingerprint density at radius 3 is 2.69 bits per heavy atom. The van der Waals surface area contributed by atoms with Crippen molar-refractivity contribution in [3.8, 4) is 17.4 Å². The number of hydrogen-bond donors (Lipinski definition) is 1. The number of nitriles is 1. The number of carboxylic acid groups (broad SMARTS) is 1. The van der Waals surface area contributed by atoms with Gasteiger partial charge in [-0.2, -0.15) is 5.26 Å². The summed E-state index contributed by atoms with van der Waals surface area (Å²) in [5.74, 6) is -0.795. The molecule has 6 nitrogen and oxygen atoms in total. The van der Waals surface area contributed by atoms with Crippen molar-refractivity contribution in [3.63, 3.8) is 0 Å². The van der Waals surface area contributed by atoms with Crippen molar-refractivity contribution in [2.75, 3.05) is 0 Å². The molecular formula is C20H13N3O3. The van der Waals surface area contributed by atoms with Gasteiger partial charge in [-0.15, -0.1) is 0 Å². The van der Waals surface area contributed by atoms with Gasteiger partial charge in [0.05, 0.1) is 5.56 Å². The molecule has 0 unspecified atom stereocenters. The fourth-order valence-corrected chi connectivity index (χ4v) is 2.96. The second kappa shape index (κ2) is 6.22. The summed E-state index contributed by atoms with van der Waals surface area (Å²) >= 11 is 0. The van der Waals surface area contributed by atoms with Crippen molar-refractivity contribution < 1.29 is 14.4 Å². The van der Waals surface area contributed by atoms with Gasteiger partial charge in [0.2, 0.25) is 0 Å². The molecule has 4 aromatic rings. The smallest absolute Gasteiger partial charge is 0.358 e. The fraction of sp³-hybridized carbons (Fsp3) is 0.0500. The van der Waals surface area contributed by atoms with Crippen LogP contribution < -0.4 is 0 Å². The lowest BCUT2D eigenvalue weighted by atomic mass is 10.1. The van der Waals surface area contributed by atoms with Gasteiger partial charge in [0.1, 0.15) is 6.07 Å². The molecule has 0 saturated heterocycles. The third-order valence-corrected chi connectivity index (χ3v) is 4.21. The number of carboxylic acids is 1. The van der Waals surface area contributed by atoms with E-state index in [1.165, 1.54) is 6.07 Å². The summed E-state index contributed by atoms with van der Waals surface area (Å²) in [7, 11) is 0. The Balaban J connectivity index is 1.78. The average molecular weight is 343 g/mol. The standard InChI is InChI=1S/C20H13N3O3/c21-10-15-12-23(11-13-4-2-1-3-5-13)18-7-6-14(8-16(15)18)19-9-17(20(24)25)22-26-19/h1-9,12H,11H2,(H,24,25). The van der Waals surface area contributed by atoms with Crippen LogP contribution in [0.15, 0.2) is 65.3 Å². The highest BCUT2D eigenvalue weighted by molar-refractivity contribution is 5.91. The maximum Gasteiger partial charge on any atom is 0.358 e. The summed E-state index contributed by atoms with van der Waals surface area (Å²) in [6.07, 6.45) is 1.82. The zero-order valence-electron chi connectivity index (χ0n) is 13.6. The Labute approximate surface area is 148 Å².